The van der Waals surface area contributed by atoms with Crippen LogP contribution in [-0.4, -0.2) is 36.3 Å². The Hall–Kier alpha value is -1.32. The van der Waals surface area contributed by atoms with Crippen LogP contribution in [0.2, 0.25) is 0 Å². The van der Waals surface area contributed by atoms with Gasteiger partial charge in [0.2, 0.25) is 11.8 Å². The van der Waals surface area contributed by atoms with Crippen molar-refractivity contribution in [2.45, 2.75) is 47.0 Å². The molecule has 0 aromatic rings. The Labute approximate surface area is 122 Å². The fraction of sp³-hybridized carbons (Fsp3) is 0.750. The second-order valence-corrected chi connectivity index (χ2v) is 5.83. The molecule has 0 radical (unpaired) electrons. The van der Waals surface area contributed by atoms with Gasteiger partial charge >= 0.3 is 0 Å². The predicted molar refractivity (Wildman–Crippen MR) is 81.2 cm³/mol. The molecule has 0 unspecified atom stereocenters. The first-order valence-corrected chi connectivity index (χ1v) is 7.71. The van der Waals surface area contributed by atoms with E-state index in [1.807, 2.05) is 38.7 Å². The molecule has 20 heavy (non-hydrogen) atoms. The molecule has 0 spiro atoms. The van der Waals surface area contributed by atoms with Crippen LogP contribution in [0.25, 0.3) is 0 Å². The van der Waals surface area contributed by atoms with Crippen molar-refractivity contribution in [3.8, 4) is 0 Å². The lowest BCUT2D eigenvalue weighted by Gasteiger charge is -2.33. The minimum absolute atomic E-state index is 0.0195. The van der Waals surface area contributed by atoms with E-state index in [4.69, 9.17) is 0 Å². The minimum Gasteiger partial charge on any atom is -0.356 e. The minimum atomic E-state index is 0.0195. The van der Waals surface area contributed by atoms with E-state index in [0.717, 1.165) is 37.9 Å². The van der Waals surface area contributed by atoms with E-state index in [9.17, 15) is 9.59 Å². The number of hydrogen-bond donors (Lipinski definition) is 1. The van der Waals surface area contributed by atoms with Crippen LogP contribution in [0.4, 0.5) is 0 Å². The smallest absolute Gasteiger partial charge is 0.249 e. The monoisotopic (exact) mass is 280 g/mol. The van der Waals surface area contributed by atoms with Gasteiger partial charge in [-0.15, -0.1) is 0 Å². The van der Waals surface area contributed by atoms with Gasteiger partial charge in [-0.1, -0.05) is 26.8 Å². The van der Waals surface area contributed by atoms with E-state index in [1.54, 1.807) is 0 Å². The van der Waals surface area contributed by atoms with Crippen LogP contribution in [0, 0.1) is 11.8 Å². The second kappa shape index (κ2) is 8.08. The highest BCUT2D eigenvalue weighted by molar-refractivity contribution is 5.93. The zero-order valence-electron chi connectivity index (χ0n) is 13.2. The van der Waals surface area contributed by atoms with Crippen molar-refractivity contribution in [2.24, 2.45) is 11.8 Å². The molecule has 1 atom stereocenters. The second-order valence-electron chi connectivity index (χ2n) is 5.83. The molecule has 0 aliphatic carbocycles. The summed E-state index contributed by atoms with van der Waals surface area (Å²) in [5, 5.41) is 2.98. The molecule has 1 aliphatic rings. The van der Waals surface area contributed by atoms with Crippen molar-refractivity contribution in [1.29, 1.82) is 0 Å². The van der Waals surface area contributed by atoms with Crippen LogP contribution < -0.4 is 5.32 Å². The molecule has 0 aromatic carbocycles. The Bertz CT molecular complexity index is 375. The number of nitrogens with zero attached hydrogens (tertiary/aromatic N) is 1. The van der Waals surface area contributed by atoms with Crippen molar-refractivity contribution >= 4 is 11.8 Å². The number of hydrogen-bond acceptors (Lipinski definition) is 2. The van der Waals surface area contributed by atoms with E-state index >= 15 is 0 Å². The number of rotatable bonds is 5. The first kappa shape index (κ1) is 16.7. The molecular formula is C16H28N2O2. The van der Waals surface area contributed by atoms with E-state index in [1.165, 1.54) is 0 Å². The van der Waals surface area contributed by atoms with Crippen LogP contribution in [0.5, 0.6) is 0 Å². The number of allylic oxidation sites excluding steroid dienone is 1. The van der Waals surface area contributed by atoms with Crippen molar-refractivity contribution < 1.29 is 9.59 Å². The van der Waals surface area contributed by atoms with Crippen molar-refractivity contribution in [3.63, 3.8) is 0 Å². The summed E-state index contributed by atoms with van der Waals surface area (Å²) in [7, 11) is 0. The Kier molecular flexibility index (Phi) is 6.76. The summed E-state index contributed by atoms with van der Waals surface area (Å²) in [6.07, 6.45) is 4.79. The number of amides is 2. The Morgan fingerprint density at radius 1 is 1.40 bits per heavy atom. The molecule has 4 heteroatoms. The van der Waals surface area contributed by atoms with E-state index in [-0.39, 0.29) is 17.7 Å². The van der Waals surface area contributed by atoms with Crippen LogP contribution in [0.1, 0.15) is 47.0 Å². The van der Waals surface area contributed by atoms with Gasteiger partial charge in [-0.2, -0.15) is 0 Å². The molecule has 114 valence electrons. The quantitative estimate of drug-likeness (QED) is 0.786. The lowest BCUT2D eigenvalue weighted by molar-refractivity contribution is -0.129. The van der Waals surface area contributed by atoms with Gasteiger partial charge < -0.3 is 10.2 Å². The van der Waals surface area contributed by atoms with Gasteiger partial charge in [0.05, 0.1) is 0 Å². The largest absolute Gasteiger partial charge is 0.356 e. The standard InChI is InChI=1S/C16H28N2O2/c1-5-14(6-2)16(20)18-9-7-8-13(11-18)10-17-15(19)12(3)4/h5,12-13H,6-11H2,1-4H3,(H,17,19)/b14-5+/t13-/m1/s1. The van der Waals surface area contributed by atoms with Gasteiger partial charge in [-0.05, 0) is 32.1 Å². The summed E-state index contributed by atoms with van der Waals surface area (Å²) in [6.45, 7) is 9.99. The summed E-state index contributed by atoms with van der Waals surface area (Å²) < 4.78 is 0. The molecule has 1 aliphatic heterocycles. The van der Waals surface area contributed by atoms with Crippen LogP contribution in [-0.2, 0) is 9.59 Å². The summed E-state index contributed by atoms with van der Waals surface area (Å²) >= 11 is 0. The molecule has 1 N–H and O–H groups in total. The Balaban J connectivity index is 2.50. The fourth-order valence-electron chi connectivity index (χ4n) is 2.55. The van der Waals surface area contributed by atoms with Crippen molar-refractivity contribution in [2.75, 3.05) is 19.6 Å². The third kappa shape index (κ3) is 4.66. The predicted octanol–water partition coefficient (Wildman–Crippen LogP) is 2.35. The Morgan fingerprint density at radius 3 is 2.65 bits per heavy atom. The molecule has 1 heterocycles. The number of carbonyl (C=O) groups is 2. The van der Waals surface area contributed by atoms with E-state index in [2.05, 4.69) is 5.32 Å². The SMILES string of the molecule is C/C=C(\CC)C(=O)N1CCC[C@H](CNC(=O)C(C)C)C1. The maximum Gasteiger partial charge on any atom is 0.249 e. The van der Waals surface area contributed by atoms with Crippen molar-refractivity contribution in [1.82, 2.24) is 10.2 Å². The normalized spacial score (nSPS) is 20.1. The number of piperidine rings is 1. The summed E-state index contributed by atoms with van der Waals surface area (Å²) in [6, 6.07) is 0. The fourth-order valence-corrected chi connectivity index (χ4v) is 2.55. The van der Waals surface area contributed by atoms with Gasteiger partial charge in [0.15, 0.2) is 0 Å². The number of nitrogens with one attached hydrogen (secondary N) is 1. The molecule has 0 bridgehead atoms. The van der Waals surface area contributed by atoms with Gasteiger partial charge in [0.25, 0.3) is 0 Å². The summed E-state index contributed by atoms with van der Waals surface area (Å²) in [5.41, 5.74) is 0.886. The van der Waals surface area contributed by atoms with Crippen LogP contribution in [0.15, 0.2) is 11.6 Å². The van der Waals surface area contributed by atoms with Crippen LogP contribution >= 0.6 is 0 Å². The van der Waals surface area contributed by atoms with Gasteiger partial charge in [0.1, 0.15) is 0 Å². The topological polar surface area (TPSA) is 49.4 Å². The Morgan fingerprint density at radius 2 is 2.10 bits per heavy atom. The summed E-state index contributed by atoms with van der Waals surface area (Å²) in [4.78, 5) is 25.9. The molecule has 0 saturated carbocycles. The molecule has 1 fully saturated rings. The third-order valence-corrected chi connectivity index (χ3v) is 3.90. The van der Waals surface area contributed by atoms with Crippen LogP contribution in [0.3, 0.4) is 0 Å². The van der Waals surface area contributed by atoms with E-state index in [0.29, 0.717) is 12.5 Å². The molecule has 4 nitrogen and oxygen atoms in total. The average molecular weight is 280 g/mol. The molecule has 1 rings (SSSR count). The first-order chi connectivity index (χ1) is 9.49. The highest BCUT2D eigenvalue weighted by atomic mass is 16.2. The van der Waals surface area contributed by atoms with Gasteiger partial charge in [0, 0.05) is 31.1 Å². The summed E-state index contributed by atoms with van der Waals surface area (Å²) in [5.74, 6) is 0.655. The highest BCUT2D eigenvalue weighted by Gasteiger charge is 2.25. The van der Waals surface area contributed by atoms with Gasteiger partial charge in [-0.25, -0.2) is 0 Å². The van der Waals surface area contributed by atoms with Gasteiger partial charge in [-0.3, -0.25) is 9.59 Å². The lowest BCUT2D eigenvalue weighted by Crippen LogP contribution is -2.44. The average Bonchev–Trinajstić information content (AvgIpc) is 2.46. The molecular weight excluding hydrogens is 252 g/mol. The zero-order chi connectivity index (χ0) is 15.1. The zero-order valence-corrected chi connectivity index (χ0v) is 13.2. The lowest BCUT2D eigenvalue weighted by atomic mass is 9.96. The molecule has 0 aromatic heterocycles. The van der Waals surface area contributed by atoms with E-state index < -0.39 is 0 Å². The number of carbonyl (C=O) groups excluding carboxylic acids is 2. The molecule has 2 amide bonds. The maximum atomic E-state index is 12.3. The number of likely N-dealkylation sites (tertiary alicyclic amines) is 1. The van der Waals surface area contributed by atoms with Crippen molar-refractivity contribution in [3.05, 3.63) is 11.6 Å². The highest BCUT2D eigenvalue weighted by Crippen LogP contribution is 2.18. The molecule has 1 saturated heterocycles. The maximum absolute atomic E-state index is 12.3. The third-order valence-electron chi connectivity index (χ3n) is 3.90. The first-order valence-electron chi connectivity index (χ1n) is 7.71.